The van der Waals surface area contributed by atoms with E-state index in [1.807, 2.05) is 0 Å². The lowest BCUT2D eigenvalue weighted by Gasteiger charge is -2.18. The van der Waals surface area contributed by atoms with Crippen molar-refractivity contribution in [2.75, 3.05) is 0 Å². The molecule has 0 spiro atoms. The Bertz CT molecular complexity index is 372. The van der Waals surface area contributed by atoms with Crippen LogP contribution in [0.25, 0.3) is 0 Å². The number of aliphatic hydroxyl groups excluding tert-OH is 2. The van der Waals surface area contributed by atoms with Gasteiger partial charge in [-0.2, -0.15) is 0 Å². The fourth-order valence-corrected chi connectivity index (χ4v) is 1.09. The van der Waals surface area contributed by atoms with E-state index in [-0.39, 0.29) is 5.57 Å². The van der Waals surface area contributed by atoms with Crippen LogP contribution in [0.3, 0.4) is 0 Å². The molecule has 0 aliphatic carbocycles. The molecule has 1 rings (SSSR count). The molecule has 4 nitrogen and oxygen atoms in total. The van der Waals surface area contributed by atoms with E-state index in [9.17, 15) is 15.0 Å². The minimum atomic E-state index is -1.59. The van der Waals surface area contributed by atoms with E-state index in [4.69, 9.17) is 0 Å². The van der Waals surface area contributed by atoms with Crippen LogP contribution in [0.2, 0.25) is 0 Å². The largest absolute Gasteiger partial charge is 0.429 e. The zero-order valence-corrected chi connectivity index (χ0v) is 8.96. The summed E-state index contributed by atoms with van der Waals surface area (Å²) >= 11 is 0. The summed E-state index contributed by atoms with van der Waals surface area (Å²) in [6.07, 6.45) is -2.85. The van der Waals surface area contributed by atoms with Gasteiger partial charge in [-0.3, -0.25) is 0 Å². The number of carbonyl (C=O) groups excluding carboxylic acids is 1. The molecule has 0 saturated carbocycles. The predicted molar refractivity (Wildman–Crippen MR) is 58.3 cm³/mol. The molecule has 2 unspecified atom stereocenters. The Morgan fingerprint density at radius 1 is 1.31 bits per heavy atom. The molecule has 0 saturated heterocycles. The fourth-order valence-electron chi connectivity index (χ4n) is 1.09. The average molecular weight is 222 g/mol. The van der Waals surface area contributed by atoms with E-state index >= 15 is 0 Å². The van der Waals surface area contributed by atoms with Crippen LogP contribution in [0.1, 0.15) is 18.6 Å². The highest BCUT2D eigenvalue weighted by Gasteiger charge is 2.22. The van der Waals surface area contributed by atoms with Gasteiger partial charge in [-0.1, -0.05) is 36.9 Å². The van der Waals surface area contributed by atoms with Crippen LogP contribution in [0.5, 0.6) is 0 Å². The Morgan fingerprint density at radius 2 is 1.88 bits per heavy atom. The van der Waals surface area contributed by atoms with Crippen molar-refractivity contribution >= 4 is 5.97 Å². The molecule has 86 valence electrons. The molecule has 0 aromatic heterocycles. The summed E-state index contributed by atoms with van der Waals surface area (Å²) in [5.41, 5.74) is 0.642. The maximum atomic E-state index is 11.1. The number of hydrogen-bond donors (Lipinski definition) is 2. The molecule has 2 N–H and O–H groups in total. The molecular weight excluding hydrogens is 208 g/mol. The smallest absolute Gasteiger partial charge is 0.335 e. The summed E-state index contributed by atoms with van der Waals surface area (Å²) in [6.45, 7) is 4.84. The van der Waals surface area contributed by atoms with Crippen LogP contribution in [0.15, 0.2) is 42.5 Å². The molecule has 0 amide bonds. The number of ether oxygens (including phenoxy) is 1. The summed E-state index contributed by atoms with van der Waals surface area (Å²) in [7, 11) is 0. The molecule has 2 atom stereocenters. The molecule has 0 fully saturated rings. The zero-order chi connectivity index (χ0) is 12.1. The first-order chi connectivity index (χ1) is 7.52. The lowest BCUT2D eigenvalue weighted by molar-refractivity contribution is -0.183. The van der Waals surface area contributed by atoms with Crippen molar-refractivity contribution in [1.82, 2.24) is 0 Å². The quantitative estimate of drug-likeness (QED) is 0.455. The van der Waals surface area contributed by atoms with Crippen molar-refractivity contribution < 1.29 is 19.7 Å². The third-order valence-corrected chi connectivity index (χ3v) is 1.99. The van der Waals surface area contributed by atoms with Crippen LogP contribution >= 0.6 is 0 Å². The second-order valence-electron chi connectivity index (χ2n) is 3.43. The molecule has 1 aromatic carbocycles. The van der Waals surface area contributed by atoms with Crippen LogP contribution in [-0.2, 0) is 9.53 Å². The van der Waals surface area contributed by atoms with E-state index in [2.05, 4.69) is 11.3 Å². The normalized spacial score (nSPS) is 13.9. The summed E-state index contributed by atoms with van der Waals surface area (Å²) < 4.78 is 4.60. The summed E-state index contributed by atoms with van der Waals surface area (Å²) in [4.78, 5) is 11.1. The van der Waals surface area contributed by atoms with Crippen LogP contribution in [0, 0.1) is 0 Å². The van der Waals surface area contributed by atoms with Gasteiger partial charge in [0.25, 0.3) is 0 Å². The van der Waals surface area contributed by atoms with Gasteiger partial charge in [0.15, 0.2) is 0 Å². The molecular formula is C12H14O4. The third-order valence-electron chi connectivity index (χ3n) is 1.99. The van der Waals surface area contributed by atoms with Crippen molar-refractivity contribution in [3.63, 3.8) is 0 Å². The topological polar surface area (TPSA) is 66.8 Å². The maximum Gasteiger partial charge on any atom is 0.335 e. The van der Waals surface area contributed by atoms with E-state index in [1.54, 1.807) is 30.3 Å². The highest BCUT2D eigenvalue weighted by atomic mass is 16.6. The maximum absolute atomic E-state index is 11.1. The fraction of sp³-hybridized carbons (Fsp3) is 0.250. The van der Waals surface area contributed by atoms with E-state index < -0.39 is 18.4 Å². The minimum Gasteiger partial charge on any atom is -0.429 e. The number of carbonyl (C=O) groups is 1. The molecule has 0 radical (unpaired) electrons. The molecule has 4 heteroatoms. The first-order valence-corrected chi connectivity index (χ1v) is 4.80. The van der Waals surface area contributed by atoms with E-state index in [1.165, 1.54) is 6.92 Å². The minimum absolute atomic E-state index is 0.166. The number of rotatable bonds is 4. The van der Waals surface area contributed by atoms with Crippen LogP contribution < -0.4 is 0 Å². The molecule has 0 aliphatic heterocycles. The lowest BCUT2D eigenvalue weighted by Crippen LogP contribution is -2.25. The van der Waals surface area contributed by atoms with Gasteiger partial charge >= 0.3 is 5.97 Å². The van der Waals surface area contributed by atoms with Gasteiger partial charge in [0.05, 0.1) is 0 Å². The Morgan fingerprint density at radius 3 is 2.38 bits per heavy atom. The SMILES string of the molecule is C=C(C)C(=O)OC(O)C(O)c1ccccc1. The summed E-state index contributed by atoms with van der Waals surface area (Å²) in [5.74, 6) is -0.734. The molecule has 16 heavy (non-hydrogen) atoms. The number of esters is 1. The van der Waals surface area contributed by atoms with Crippen molar-refractivity contribution in [2.45, 2.75) is 19.3 Å². The van der Waals surface area contributed by atoms with Gasteiger partial charge in [0, 0.05) is 5.57 Å². The number of benzene rings is 1. The van der Waals surface area contributed by atoms with Gasteiger partial charge in [-0.05, 0) is 12.5 Å². The van der Waals surface area contributed by atoms with Crippen molar-refractivity contribution in [1.29, 1.82) is 0 Å². The van der Waals surface area contributed by atoms with Crippen LogP contribution in [0.4, 0.5) is 0 Å². The highest BCUT2D eigenvalue weighted by molar-refractivity contribution is 5.87. The van der Waals surface area contributed by atoms with Crippen molar-refractivity contribution in [3.05, 3.63) is 48.0 Å². The van der Waals surface area contributed by atoms with Gasteiger partial charge in [-0.15, -0.1) is 0 Å². The summed E-state index contributed by atoms with van der Waals surface area (Å²) in [5, 5.41) is 19.1. The van der Waals surface area contributed by atoms with Crippen molar-refractivity contribution in [2.24, 2.45) is 0 Å². The molecule has 0 aliphatic rings. The number of hydrogen-bond acceptors (Lipinski definition) is 4. The predicted octanol–water partition coefficient (Wildman–Crippen LogP) is 1.16. The standard InChI is InChI=1S/C12H14O4/c1-8(2)11(14)16-12(15)10(13)9-6-4-3-5-7-9/h3-7,10,12-13,15H,1H2,2H3. The summed E-state index contributed by atoms with van der Waals surface area (Å²) in [6, 6.07) is 8.46. The molecule has 0 bridgehead atoms. The molecule has 1 aromatic rings. The van der Waals surface area contributed by atoms with Gasteiger partial charge in [0.2, 0.25) is 6.29 Å². The first kappa shape index (κ1) is 12.4. The highest BCUT2D eigenvalue weighted by Crippen LogP contribution is 2.17. The lowest BCUT2D eigenvalue weighted by atomic mass is 10.1. The van der Waals surface area contributed by atoms with E-state index in [0.29, 0.717) is 5.56 Å². The Kier molecular flexibility index (Phi) is 4.22. The van der Waals surface area contributed by atoms with Crippen LogP contribution in [-0.4, -0.2) is 22.5 Å². The van der Waals surface area contributed by atoms with Gasteiger partial charge in [0.1, 0.15) is 6.10 Å². The number of aliphatic hydroxyl groups is 2. The van der Waals surface area contributed by atoms with Gasteiger partial charge < -0.3 is 14.9 Å². The average Bonchev–Trinajstić information content (AvgIpc) is 2.28. The van der Waals surface area contributed by atoms with Crippen molar-refractivity contribution in [3.8, 4) is 0 Å². The Hall–Kier alpha value is -1.65. The Balaban J connectivity index is 2.65. The molecule has 0 heterocycles. The second-order valence-corrected chi connectivity index (χ2v) is 3.43. The Labute approximate surface area is 93.8 Å². The first-order valence-electron chi connectivity index (χ1n) is 4.80. The monoisotopic (exact) mass is 222 g/mol. The second kappa shape index (κ2) is 5.44. The zero-order valence-electron chi connectivity index (χ0n) is 8.96. The third kappa shape index (κ3) is 3.18. The van der Waals surface area contributed by atoms with E-state index in [0.717, 1.165) is 0 Å². The van der Waals surface area contributed by atoms with Gasteiger partial charge in [-0.25, -0.2) is 4.79 Å².